The van der Waals surface area contributed by atoms with Gasteiger partial charge in [0.05, 0.1) is 0 Å². The number of likely N-dealkylation sites (tertiary alicyclic amines) is 1. The highest BCUT2D eigenvalue weighted by molar-refractivity contribution is 5.69. The van der Waals surface area contributed by atoms with E-state index in [-0.39, 0.29) is 6.09 Å². The number of likely N-dealkylation sites (N-methyl/N-ethyl adjacent to an activating group) is 1. The number of hydrogen-bond donors (Lipinski definition) is 0. The van der Waals surface area contributed by atoms with Gasteiger partial charge in [-0.25, -0.2) is 4.79 Å². The Morgan fingerprint density at radius 1 is 1.16 bits per heavy atom. The Balaban J connectivity index is 1.70. The van der Waals surface area contributed by atoms with Gasteiger partial charge in [0.2, 0.25) is 0 Å². The molecule has 0 atom stereocenters. The largest absolute Gasteiger partial charge is 0.444 e. The molecule has 2 aliphatic heterocycles. The molecule has 110 valence electrons. The fourth-order valence-corrected chi connectivity index (χ4v) is 2.61. The van der Waals surface area contributed by atoms with Crippen LogP contribution in [-0.4, -0.2) is 78.2 Å². The first-order chi connectivity index (χ1) is 8.89. The monoisotopic (exact) mass is 269 g/mol. The minimum absolute atomic E-state index is 0.170. The number of carbonyl (C=O) groups excluding carboxylic acids is 1. The van der Waals surface area contributed by atoms with Gasteiger partial charge < -0.3 is 14.5 Å². The van der Waals surface area contributed by atoms with Crippen molar-refractivity contribution in [1.82, 2.24) is 14.7 Å². The highest BCUT2D eigenvalue weighted by Crippen LogP contribution is 2.20. The standard InChI is InChI=1S/C14H27N3O2/c1-5-15-6-8-16(9-7-15)12-10-17(11-12)13(18)19-14(2,3)4/h12H,5-11H2,1-4H3. The second-order valence-electron chi connectivity index (χ2n) is 6.51. The van der Waals surface area contributed by atoms with E-state index in [1.54, 1.807) is 0 Å². The van der Waals surface area contributed by atoms with Gasteiger partial charge in [-0.1, -0.05) is 6.92 Å². The Kier molecular flexibility index (Phi) is 4.36. The van der Waals surface area contributed by atoms with Crippen molar-refractivity contribution < 1.29 is 9.53 Å². The summed E-state index contributed by atoms with van der Waals surface area (Å²) in [7, 11) is 0. The highest BCUT2D eigenvalue weighted by atomic mass is 16.6. The number of rotatable bonds is 2. The summed E-state index contributed by atoms with van der Waals surface area (Å²) in [5, 5.41) is 0. The predicted molar refractivity (Wildman–Crippen MR) is 75.3 cm³/mol. The van der Waals surface area contributed by atoms with Gasteiger partial charge in [0.1, 0.15) is 5.60 Å². The third kappa shape index (κ3) is 3.83. The van der Waals surface area contributed by atoms with Crippen LogP contribution in [0.5, 0.6) is 0 Å². The zero-order valence-corrected chi connectivity index (χ0v) is 12.7. The molecule has 2 saturated heterocycles. The molecule has 1 amide bonds. The Morgan fingerprint density at radius 3 is 2.21 bits per heavy atom. The van der Waals surface area contributed by atoms with Crippen LogP contribution >= 0.6 is 0 Å². The first kappa shape index (κ1) is 14.6. The van der Waals surface area contributed by atoms with Crippen molar-refractivity contribution in [3.05, 3.63) is 0 Å². The third-order valence-corrected chi connectivity index (χ3v) is 3.88. The van der Waals surface area contributed by atoms with Crippen LogP contribution in [0.25, 0.3) is 0 Å². The van der Waals surface area contributed by atoms with E-state index in [1.165, 1.54) is 0 Å². The second kappa shape index (κ2) is 5.67. The van der Waals surface area contributed by atoms with Crippen LogP contribution in [0.2, 0.25) is 0 Å². The summed E-state index contributed by atoms with van der Waals surface area (Å²) in [6, 6.07) is 0.534. The van der Waals surface area contributed by atoms with Gasteiger partial charge in [-0.05, 0) is 27.3 Å². The molecule has 0 aromatic rings. The molecule has 2 fully saturated rings. The van der Waals surface area contributed by atoms with Crippen molar-refractivity contribution in [3.63, 3.8) is 0 Å². The van der Waals surface area contributed by atoms with Gasteiger partial charge in [-0.3, -0.25) is 4.90 Å². The molecule has 2 heterocycles. The maximum absolute atomic E-state index is 11.8. The number of amides is 1. The van der Waals surface area contributed by atoms with Gasteiger partial charge in [-0.15, -0.1) is 0 Å². The van der Waals surface area contributed by atoms with E-state index in [9.17, 15) is 4.79 Å². The number of ether oxygens (including phenoxy) is 1. The molecule has 0 saturated carbocycles. The van der Waals surface area contributed by atoms with Crippen molar-refractivity contribution in [2.45, 2.75) is 39.3 Å². The second-order valence-corrected chi connectivity index (χ2v) is 6.51. The van der Waals surface area contributed by atoms with Crippen molar-refractivity contribution >= 4 is 6.09 Å². The Hall–Kier alpha value is -0.810. The topological polar surface area (TPSA) is 36.0 Å². The van der Waals surface area contributed by atoms with E-state index in [1.807, 2.05) is 25.7 Å². The molecule has 2 aliphatic rings. The minimum Gasteiger partial charge on any atom is -0.444 e. The zero-order valence-electron chi connectivity index (χ0n) is 12.7. The van der Waals surface area contributed by atoms with Crippen molar-refractivity contribution in [2.75, 3.05) is 45.8 Å². The summed E-state index contributed by atoms with van der Waals surface area (Å²) in [6.07, 6.45) is -0.170. The van der Waals surface area contributed by atoms with E-state index in [4.69, 9.17) is 4.74 Å². The fourth-order valence-electron chi connectivity index (χ4n) is 2.61. The smallest absolute Gasteiger partial charge is 0.410 e. The van der Waals surface area contributed by atoms with Crippen LogP contribution in [0.15, 0.2) is 0 Å². The molecule has 19 heavy (non-hydrogen) atoms. The van der Waals surface area contributed by atoms with Crippen LogP contribution in [0.3, 0.4) is 0 Å². The zero-order chi connectivity index (χ0) is 14.0. The van der Waals surface area contributed by atoms with Crippen LogP contribution < -0.4 is 0 Å². The first-order valence-electron chi connectivity index (χ1n) is 7.33. The quantitative estimate of drug-likeness (QED) is 0.756. The average Bonchev–Trinajstić information content (AvgIpc) is 2.25. The summed E-state index contributed by atoms with van der Waals surface area (Å²) in [5.74, 6) is 0. The van der Waals surface area contributed by atoms with Crippen molar-refractivity contribution in [3.8, 4) is 0 Å². The number of carbonyl (C=O) groups is 1. The molecule has 0 N–H and O–H groups in total. The Morgan fingerprint density at radius 2 is 1.74 bits per heavy atom. The van der Waals surface area contributed by atoms with Crippen LogP contribution in [0.1, 0.15) is 27.7 Å². The summed E-state index contributed by atoms with van der Waals surface area (Å²) in [4.78, 5) is 18.6. The molecule has 5 heteroatoms. The van der Waals surface area contributed by atoms with Gasteiger partial charge >= 0.3 is 6.09 Å². The molecular weight excluding hydrogens is 242 g/mol. The lowest BCUT2D eigenvalue weighted by Gasteiger charge is -2.47. The van der Waals surface area contributed by atoms with E-state index < -0.39 is 5.60 Å². The van der Waals surface area contributed by atoms with E-state index >= 15 is 0 Å². The van der Waals surface area contributed by atoms with E-state index in [0.717, 1.165) is 45.8 Å². The van der Waals surface area contributed by atoms with Crippen LogP contribution in [-0.2, 0) is 4.74 Å². The summed E-state index contributed by atoms with van der Waals surface area (Å²) >= 11 is 0. The predicted octanol–water partition coefficient (Wildman–Crippen LogP) is 1.24. The first-order valence-corrected chi connectivity index (χ1v) is 7.33. The Labute approximate surface area is 116 Å². The SMILES string of the molecule is CCN1CCN(C2CN(C(=O)OC(C)(C)C)C2)CC1. The van der Waals surface area contributed by atoms with Crippen LogP contribution in [0, 0.1) is 0 Å². The molecule has 0 radical (unpaired) electrons. The number of piperazine rings is 1. The van der Waals surface area contributed by atoms with Gasteiger partial charge in [0.15, 0.2) is 0 Å². The minimum atomic E-state index is -0.394. The number of hydrogen-bond acceptors (Lipinski definition) is 4. The number of nitrogens with zero attached hydrogens (tertiary/aromatic N) is 3. The molecule has 0 unspecified atom stereocenters. The lowest BCUT2D eigenvalue weighted by atomic mass is 10.1. The molecule has 2 rings (SSSR count). The lowest BCUT2D eigenvalue weighted by Crippen LogP contribution is -2.64. The Bertz CT molecular complexity index is 313. The van der Waals surface area contributed by atoms with Gasteiger partial charge in [0.25, 0.3) is 0 Å². The molecule has 0 bridgehead atoms. The molecule has 5 nitrogen and oxygen atoms in total. The normalized spacial score (nSPS) is 23.3. The molecular formula is C14H27N3O2. The summed E-state index contributed by atoms with van der Waals surface area (Å²) in [5.41, 5.74) is -0.394. The van der Waals surface area contributed by atoms with E-state index in [0.29, 0.717) is 6.04 Å². The lowest BCUT2D eigenvalue weighted by molar-refractivity contribution is -0.0243. The van der Waals surface area contributed by atoms with Crippen molar-refractivity contribution in [2.24, 2.45) is 0 Å². The highest BCUT2D eigenvalue weighted by Gasteiger charge is 2.37. The van der Waals surface area contributed by atoms with E-state index in [2.05, 4.69) is 16.7 Å². The molecule has 0 aromatic heterocycles. The van der Waals surface area contributed by atoms with Crippen molar-refractivity contribution in [1.29, 1.82) is 0 Å². The average molecular weight is 269 g/mol. The maximum Gasteiger partial charge on any atom is 0.410 e. The molecule has 0 aliphatic carbocycles. The molecule has 0 spiro atoms. The maximum atomic E-state index is 11.8. The third-order valence-electron chi connectivity index (χ3n) is 3.88. The van der Waals surface area contributed by atoms with Gasteiger partial charge in [0, 0.05) is 45.3 Å². The summed E-state index contributed by atoms with van der Waals surface area (Å²) < 4.78 is 5.37. The van der Waals surface area contributed by atoms with Crippen LogP contribution in [0.4, 0.5) is 4.79 Å². The summed E-state index contributed by atoms with van der Waals surface area (Å²) in [6.45, 7) is 15.3. The molecule has 0 aromatic carbocycles. The van der Waals surface area contributed by atoms with Gasteiger partial charge in [-0.2, -0.15) is 0 Å². The fraction of sp³-hybridized carbons (Fsp3) is 0.929.